The van der Waals surface area contributed by atoms with Gasteiger partial charge in [-0.05, 0) is 30.7 Å². The Labute approximate surface area is 90.7 Å². The molecular formula is C13H29N. The van der Waals surface area contributed by atoms with Crippen LogP contribution in [0.3, 0.4) is 0 Å². The van der Waals surface area contributed by atoms with Gasteiger partial charge in [-0.15, -0.1) is 0 Å². The van der Waals surface area contributed by atoms with Gasteiger partial charge in [-0.1, -0.05) is 48.0 Å². The van der Waals surface area contributed by atoms with E-state index in [1.165, 1.54) is 12.8 Å². The summed E-state index contributed by atoms with van der Waals surface area (Å²) in [4.78, 5) is 0. The predicted octanol–water partition coefficient (Wildman–Crippen LogP) is 3.69. The van der Waals surface area contributed by atoms with Crippen molar-refractivity contribution in [2.24, 2.45) is 17.8 Å². The molecule has 3 atom stereocenters. The van der Waals surface area contributed by atoms with E-state index in [0.717, 1.165) is 24.3 Å². The van der Waals surface area contributed by atoms with Crippen molar-refractivity contribution in [3.8, 4) is 0 Å². The van der Waals surface area contributed by atoms with Crippen molar-refractivity contribution in [2.45, 2.75) is 60.4 Å². The maximum Gasteiger partial charge on any atom is 0.0121 e. The van der Waals surface area contributed by atoms with Gasteiger partial charge in [0, 0.05) is 6.04 Å². The van der Waals surface area contributed by atoms with Crippen LogP contribution in [-0.2, 0) is 0 Å². The molecular weight excluding hydrogens is 170 g/mol. The second kappa shape index (κ2) is 7.28. The van der Waals surface area contributed by atoms with Crippen LogP contribution in [0.25, 0.3) is 0 Å². The molecule has 86 valence electrons. The van der Waals surface area contributed by atoms with Gasteiger partial charge in [0.2, 0.25) is 0 Å². The third kappa shape index (κ3) is 4.45. The molecule has 0 heterocycles. The molecule has 0 aromatic carbocycles. The van der Waals surface area contributed by atoms with Crippen LogP contribution >= 0.6 is 0 Å². The van der Waals surface area contributed by atoms with Crippen LogP contribution in [-0.4, -0.2) is 12.6 Å². The van der Waals surface area contributed by atoms with Crippen molar-refractivity contribution >= 4 is 0 Å². The number of rotatable bonds is 7. The Morgan fingerprint density at radius 1 is 1.00 bits per heavy atom. The normalized spacial score (nSPS) is 18.2. The zero-order valence-electron chi connectivity index (χ0n) is 10.9. The summed E-state index contributed by atoms with van der Waals surface area (Å²) in [6.07, 6.45) is 2.64. The minimum Gasteiger partial charge on any atom is -0.314 e. The molecule has 0 aromatic rings. The molecule has 0 saturated heterocycles. The summed E-state index contributed by atoms with van der Waals surface area (Å²) in [6, 6.07) is 0.694. The highest BCUT2D eigenvalue weighted by Crippen LogP contribution is 2.23. The Hall–Kier alpha value is -0.0400. The standard InChI is InChI=1S/C13H29N/c1-7-9-11(5)13(14-8-2)12(6)10(3)4/h10-14H,7-9H2,1-6H3. The lowest BCUT2D eigenvalue weighted by Gasteiger charge is -2.32. The first-order valence-electron chi connectivity index (χ1n) is 6.27. The topological polar surface area (TPSA) is 12.0 Å². The van der Waals surface area contributed by atoms with E-state index in [-0.39, 0.29) is 0 Å². The molecule has 1 N–H and O–H groups in total. The van der Waals surface area contributed by atoms with Gasteiger partial charge in [0.25, 0.3) is 0 Å². The van der Waals surface area contributed by atoms with E-state index in [1.54, 1.807) is 0 Å². The fourth-order valence-electron chi connectivity index (χ4n) is 2.19. The van der Waals surface area contributed by atoms with Gasteiger partial charge in [-0.25, -0.2) is 0 Å². The lowest BCUT2D eigenvalue weighted by Crippen LogP contribution is -2.42. The molecule has 0 amide bonds. The second-order valence-electron chi connectivity index (χ2n) is 4.95. The fraction of sp³-hybridized carbons (Fsp3) is 1.00. The van der Waals surface area contributed by atoms with Gasteiger partial charge in [-0.2, -0.15) is 0 Å². The van der Waals surface area contributed by atoms with Crippen molar-refractivity contribution in [2.75, 3.05) is 6.54 Å². The first kappa shape index (κ1) is 14.0. The summed E-state index contributed by atoms with van der Waals surface area (Å²) >= 11 is 0. The van der Waals surface area contributed by atoms with Crippen molar-refractivity contribution in [3.05, 3.63) is 0 Å². The van der Waals surface area contributed by atoms with E-state index >= 15 is 0 Å². The first-order valence-corrected chi connectivity index (χ1v) is 6.27. The molecule has 0 radical (unpaired) electrons. The van der Waals surface area contributed by atoms with Gasteiger partial charge >= 0.3 is 0 Å². The molecule has 0 aliphatic heterocycles. The molecule has 1 heteroatoms. The fourth-order valence-corrected chi connectivity index (χ4v) is 2.19. The number of hydrogen-bond acceptors (Lipinski definition) is 1. The highest BCUT2D eigenvalue weighted by Gasteiger charge is 2.23. The number of nitrogens with one attached hydrogen (secondary N) is 1. The Morgan fingerprint density at radius 3 is 1.93 bits per heavy atom. The summed E-state index contributed by atoms with van der Waals surface area (Å²) in [5.74, 6) is 2.35. The van der Waals surface area contributed by atoms with Crippen LogP contribution in [0.1, 0.15) is 54.4 Å². The van der Waals surface area contributed by atoms with Crippen molar-refractivity contribution in [1.82, 2.24) is 5.32 Å². The summed E-state index contributed by atoms with van der Waals surface area (Å²) < 4.78 is 0. The van der Waals surface area contributed by atoms with E-state index in [4.69, 9.17) is 0 Å². The van der Waals surface area contributed by atoms with Crippen molar-refractivity contribution in [1.29, 1.82) is 0 Å². The minimum atomic E-state index is 0.694. The molecule has 0 aliphatic rings. The molecule has 0 saturated carbocycles. The van der Waals surface area contributed by atoms with Crippen LogP contribution in [0.4, 0.5) is 0 Å². The first-order chi connectivity index (χ1) is 6.54. The lowest BCUT2D eigenvalue weighted by molar-refractivity contribution is 0.227. The zero-order chi connectivity index (χ0) is 11.1. The van der Waals surface area contributed by atoms with Crippen molar-refractivity contribution in [3.63, 3.8) is 0 Å². The van der Waals surface area contributed by atoms with E-state index in [9.17, 15) is 0 Å². The zero-order valence-corrected chi connectivity index (χ0v) is 10.9. The number of hydrogen-bond donors (Lipinski definition) is 1. The summed E-state index contributed by atoms with van der Waals surface area (Å²) in [5, 5.41) is 3.65. The molecule has 0 aromatic heterocycles. The second-order valence-corrected chi connectivity index (χ2v) is 4.95. The summed E-state index contributed by atoms with van der Waals surface area (Å²) in [7, 11) is 0. The lowest BCUT2D eigenvalue weighted by atomic mass is 9.81. The SMILES string of the molecule is CCCC(C)C(NCC)C(C)C(C)C. The van der Waals surface area contributed by atoms with Crippen LogP contribution in [0.2, 0.25) is 0 Å². The molecule has 0 fully saturated rings. The van der Waals surface area contributed by atoms with E-state index in [0.29, 0.717) is 6.04 Å². The molecule has 1 nitrogen and oxygen atoms in total. The predicted molar refractivity (Wildman–Crippen MR) is 65.5 cm³/mol. The quantitative estimate of drug-likeness (QED) is 0.659. The van der Waals surface area contributed by atoms with E-state index in [2.05, 4.69) is 46.9 Å². The third-order valence-corrected chi connectivity index (χ3v) is 3.41. The molecule has 0 aliphatic carbocycles. The molecule has 0 bridgehead atoms. The summed E-state index contributed by atoms with van der Waals surface area (Å²) in [6.45, 7) is 15.0. The van der Waals surface area contributed by atoms with Crippen molar-refractivity contribution < 1.29 is 0 Å². The Bertz CT molecular complexity index is 131. The Balaban J connectivity index is 4.25. The monoisotopic (exact) mass is 199 g/mol. The minimum absolute atomic E-state index is 0.694. The molecule has 3 unspecified atom stereocenters. The van der Waals surface area contributed by atoms with Gasteiger partial charge in [-0.3, -0.25) is 0 Å². The third-order valence-electron chi connectivity index (χ3n) is 3.41. The van der Waals surface area contributed by atoms with Gasteiger partial charge < -0.3 is 5.32 Å². The smallest absolute Gasteiger partial charge is 0.0121 e. The Kier molecular flexibility index (Phi) is 7.26. The average molecular weight is 199 g/mol. The van der Waals surface area contributed by atoms with Crippen LogP contribution in [0, 0.1) is 17.8 Å². The highest BCUT2D eigenvalue weighted by molar-refractivity contribution is 4.79. The molecule has 14 heavy (non-hydrogen) atoms. The van der Waals surface area contributed by atoms with Gasteiger partial charge in [0.05, 0.1) is 0 Å². The van der Waals surface area contributed by atoms with Gasteiger partial charge in [0.1, 0.15) is 0 Å². The molecule has 0 rings (SSSR count). The average Bonchev–Trinajstić information content (AvgIpc) is 2.13. The van der Waals surface area contributed by atoms with Gasteiger partial charge in [0.15, 0.2) is 0 Å². The maximum atomic E-state index is 3.65. The van der Waals surface area contributed by atoms with E-state index in [1.807, 2.05) is 0 Å². The molecule has 0 spiro atoms. The van der Waals surface area contributed by atoms with Crippen LogP contribution in [0.15, 0.2) is 0 Å². The van der Waals surface area contributed by atoms with Crippen LogP contribution < -0.4 is 5.32 Å². The highest BCUT2D eigenvalue weighted by atomic mass is 14.9. The largest absolute Gasteiger partial charge is 0.314 e. The van der Waals surface area contributed by atoms with E-state index < -0.39 is 0 Å². The van der Waals surface area contributed by atoms with Crippen LogP contribution in [0.5, 0.6) is 0 Å². The maximum absolute atomic E-state index is 3.65. The summed E-state index contributed by atoms with van der Waals surface area (Å²) in [5.41, 5.74) is 0. The Morgan fingerprint density at radius 2 is 1.57 bits per heavy atom.